The molecule has 0 aliphatic rings. The molecule has 0 saturated heterocycles. The Morgan fingerprint density at radius 1 is 1.04 bits per heavy atom. The number of amides is 1. The van der Waals surface area contributed by atoms with Crippen LogP contribution >= 0.6 is 0 Å². The number of guanidine groups is 2. The van der Waals surface area contributed by atoms with Crippen LogP contribution < -0.4 is 22.5 Å². The molecule has 0 aromatic heterocycles. The van der Waals surface area contributed by atoms with Crippen molar-refractivity contribution in [3.8, 4) is 0 Å². The van der Waals surface area contributed by atoms with Gasteiger partial charge in [-0.1, -0.05) is 25.1 Å². The molecule has 0 bridgehead atoms. The summed E-state index contributed by atoms with van der Waals surface area (Å²) in [5.74, 6) is -0.408. The highest BCUT2D eigenvalue weighted by Crippen LogP contribution is 2.18. The van der Waals surface area contributed by atoms with Gasteiger partial charge < -0.3 is 22.5 Å². The summed E-state index contributed by atoms with van der Waals surface area (Å²) in [6.45, 7) is 2.04. The Kier molecular flexibility index (Phi) is 5.51. The van der Waals surface area contributed by atoms with Crippen LogP contribution in [0.4, 0.5) is 11.4 Å². The second kappa shape index (κ2) is 7.77. The maximum atomic E-state index is 12.3. The molecule has 124 valence electrons. The number of nitrogens with two attached hydrogens (primary N) is 3. The first-order valence-electron chi connectivity index (χ1n) is 7.42. The Hall–Kier alpha value is -3.35. The number of rotatable bonds is 4. The maximum Gasteiger partial charge on any atom is 0.255 e. The fourth-order valence-corrected chi connectivity index (χ4v) is 2.12. The van der Waals surface area contributed by atoms with Gasteiger partial charge in [-0.3, -0.25) is 4.79 Å². The lowest BCUT2D eigenvalue weighted by atomic mass is 10.1. The highest BCUT2D eigenvalue weighted by Gasteiger charge is 2.08. The monoisotopic (exact) mass is 324 g/mol. The Balaban J connectivity index is 2.13. The van der Waals surface area contributed by atoms with Gasteiger partial charge in [-0.2, -0.15) is 4.99 Å². The van der Waals surface area contributed by atoms with Crippen molar-refractivity contribution in [2.75, 3.05) is 5.32 Å². The summed E-state index contributed by atoms with van der Waals surface area (Å²) < 4.78 is 0. The molecule has 2 rings (SSSR count). The number of aryl methyl sites for hydroxylation is 1. The van der Waals surface area contributed by atoms with Crippen LogP contribution in [-0.4, -0.2) is 17.8 Å². The second-order valence-corrected chi connectivity index (χ2v) is 5.02. The molecular formula is C17H20N6O. The molecule has 0 atom stereocenters. The first-order valence-corrected chi connectivity index (χ1v) is 7.42. The van der Waals surface area contributed by atoms with Crippen molar-refractivity contribution in [1.29, 1.82) is 0 Å². The van der Waals surface area contributed by atoms with E-state index in [0.29, 0.717) is 11.3 Å². The quantitative estimate of drug-likeness (QED) is 0.503. The zero-order chi connectivity index (χ0) is 17.5. The van der Waals surface area contributed by atoms with E-state index in [1.165, 1.54) is 0 Å². The molecule has 0 radical (unpaired) electrons. The molecule has 0 heterocycles. The van der Waals surface area contributed by atoms with Crippen molar-refractivity contribution in [2.24, 2.45) is 27.2 Å². The van der Waals surface area contributed by atoms with Gasteiger partial charge in [-0.15, -0.1) is 0 Å². The van der Waals surface area contributed by atoms with Gasteiger partial charge in [0.15, 0.2) is 5.96 Å². The second-order valence-electron chi connectivity index (χ2n) is 5.02. The van der Waals surface area contributed by atoms with Crippen LogP contribution in [-0.2, 0) is 6.42 Å². The zero-order valence-electron chi connectivity index (χ0n) is 13.4. The van der Waals surface area contributed by atoms with Gasteiger partial charge in [0.25, 0.3) is 5.91 Å². The number of hydrogen-bond donors (Lipinski definition) is 4. The number of carbonyl (C=O) groups excluding carboxylic acids is 1. The predicted octanol–water partition coefficient (Wildman–Crippen LogP) is 1.72. The summed E-state index contributed by atoms with van der Waals surface area (Å²) in [5.41, 5.74) is 19.0. The molecule has 7 nitrogen and oxygen atoms in total. The Bertz CT molecular complexity index is 776. The molecule has 7 N–H and O–H groups in total. The minimum atomic E-state index is -0.191. The van der Waals surface area contributed by atoms with E-state index in [9.17, 15) is 4.79 Å². The average Bonchev–Trinajstić information content (AvgIpc) is 2.55. The van der Waals surface area contributed by atoms with E-state index >= 15 is 0 Å². The lowest BCUT2D eigenvalue weighted by Gasteiger charge is -2.09. The van der Waals surface area contributed by atoms with Gasteiger partial charge in [-0.25, -0.2) is 4.99 Å². The average molecular weight is 324 g/mol. The van der Waals surface area contributed by atoms with Gasteiger partial charge in [-0.05, 0) is 42.3 Å². The summed E-state index contributed by atoms with van der Waals surface area (Å²) in [5, 5.41) is 2.91. The Labute approximate surface area is 140 Å². The van der Waals surface area contributed by atoms with Gasteiger partial charge in [0.1, 0.15) is 0 Å². The van der Waals surface area contributed by atoms with Crippen LogP contribution in [0.5, 0.6) is 0 Å². The van der Waals surface area contributed by atoms with E-state index in [4.69, 9.17) is 17.2 Å². The molecule has 0 fully saturated rings. The van der Waals surface area contributed by atoms with E-state index in [-0.39, 0.29) is 17.8 Å². The summed E-state index contributed by atoms with van der Waals surface area (Å²) in [6.07, 6.45) is 0.841. The van der Waals surface area contributed by atoms with E-state index < -0.39 is 0 Å². The van der Waals surface area contributed by atoms with Gasteiger partial charge in [0.05, 0.1) is 5.69 Å². The van der Waals surface area contributed by atoms with Crippen molar-refractivity contribution < 1.29 is 4.79 Å². The number of aliphatic imine (C=N–C) groups is 2. The van der Waals surface area contributed by atoms with Gasteiger partial charge >= 0.3 is 0 Å². The summed E-state index contributed by atoms with van der Waals surface area (Å²) in [7, 11) is 0. The number of nitrogens with one attached hydrogen (secondary N) is 1. The molecule has 0 saturated carbocycles. The van der Waals surface area contributed by atoms with Crippen LogP contribution in [0, 0.1) is 0 Å². The normalized spacial score (nSPS) is 11.0. The number of anilines is 1. The number of para-hydroxylation sites is 1. The fourth-order valence-electron chi connectivity index (χ4n) is 2.12. The lowest BCUT2D eigenvalue weighted by molar-refractivity contribution is 0.102. The van der Waals surface area contributed by atoms with Crippen LogP contribution in [0.1, 0.15) is 22.8 Å². The smallest absolute Gasteiger partial charge is 0.255 e. The molecule has 7 heteroatoms. The van der Waals surface area contributed by atoms with Crippen molar-refractivity contribution in [1.82, 2.24) is 0 Å². The third-order valence-electron chi connectivity index (χ3n) is 3.26. The molecule has 24 heavy (non-hydrogen) atoms. The third kappa shape index (κ3) is 4.57. The van der Waals surface area contributed by atoms with E-state index in [1.54, 1.807) is 24.3 Å². The van der Waals surface area contributed by atoms with Crippen molar-refractivity contribution in [3.63, 3.8) is 0 Å². The largest absolute Gasteiger partial charge is 0.370 e. The van der Waals surface area contributed by atoms with Crippen molar-refractivity contribution >= 4 is 29.2 Å². The van der Waals surface area contributed by atoms with Crippen LogP contribution in [0.3, 0.4) is 0 Å². The molecule has 0 unspecified atom stereocenters. The topological polar surface area (TPSA) is 132 Å². The van der Waals surface area contributed by atoms with Gasteiger partial charge in [0.2, 0.25) is 5.96 Å². The lowest BCUT2D eigenvalue weighted by Crippen LogP contribution is -2.26. The summed E-state index contributed by atoms with van der Waals surface area (Å²) in [4.78, 5) is 20.0. The van der Waals surface area contributed by atoms with Crippen molar-refractivity contribution in [3.05, 3.63) is 59.7 Å². The van der Waals surface area contributed by atoms with Gasteiger partial charge in [0, 0.05) is 11.3 Å². The number of nitrogens with zero attached hydrogens (tertiary/aromatic N) is 2. The maximum absolute atomic E-state index is 12.3. The highest BCUT2D eigenvalue weighted by atomic mass is 16.1. The number of hydrogen-bond acceptors (Lipinski definition) is 2. The minimum absolute atomic E-state index is 0.0518. The number of benzene rings is 2. The molecule has 2 aromatic rings. The molecule has 0 spiro atoms. The Morgan fingerprint density at radius 3 is 2.33 bits per heavy atom. The zero-order valence-corrected chi connectivity index (χ0v) is 13.4. The molecule has 0 aliphatic heterocycles. The Morgan fingerprint density at radius 2 is 1.71 bits per heavy atom. The molecule has 1 amide bonds. The number of carbonyl (C=O) groups is 1. The molecular weight excluding hydrogens is 304 g/mol. The predicted molar refractivity (Wildman–Crippen MR) is 97.3 cm³/mol. The van der Waals surface area contributed by atoms with Crippen LogP contribution in [0.2, 0.25) is 0 Å². The van der Waals surface area contributed by atoms with E-state index in [2.05, 4.69) is 15.3 Å². The third-order valence-corrected chi connectivity index (χ3v) is 3.26. The minimum Gasteiger partial charge on any atom is -0.370 e. The highest BCUT2D eigenvalue weighted by molar-refractivity contribution is 6.04. The standard InChI is InChI=1S/C17H20N6O/c1-2-11-5-3-4-6-14(11)22-15(24)12-7-9-13(10-8-12)21-17(20)23-16(18)19/h3-10H,2H2,1H3,(H,22,24)(H6,18,19,20,21,23). The van der Waals surface area contributed by atoms with Crippen LogP contribution in [0.15, 0.2) is 58.5 Å². The first kappa shape index (κ1) is 17.0. The van der Waals surface area contributed by atoms with E-state index in [1.807, 2.05) is 31.2 Å². The van der Waals surface area contributed by atoms with E-state index in [0.717, 1.165) is 17.7 Å². The molecule has 2 aromatic carbocycles. The summed E-state index contributed by atoms with van der Waals surface area (Å²) in [6, 6.07) is 14.3. The fraction of sp³-hybridized carbons (Fsp3) is 0.118. The van der Waals surface area contributed by atoms with Crippen molar-refractivity contribution in [2.45, 2.75) is 13.3 Å². The molecule has 0 aliphatic carbocycles. The SMILES string of the molecule is CCc1ccccc1NC(=O)c1ccc(N=C(N)N=C(N)N)cc1. The summed E-state index contributed by atoms with van der Waals surface area (Å²) >= 11 is 0. The first-order chi connectivity index (χ1) is 11.5. The van der Waals surface area contributed by atoms with Crippen LogP contribution in [0.25, 0.3) is 0 Å².